The molecule has 4 nitrogen and oxygen atoms in total. The topological polar surface area (TPSA) is 58.3 Å². The quantitative estimate of drug-likeness (QED) is 0.780. The maximum Gasteiger partial charge on any atom is 0.105 e. The van der Waals surface area contributed by atoms with E-state index in [0.29, 0.717) is 5.56 Å². The third-order valence-corrected chi connectivity index (χ3v) is 2.18. The summed E-state index contributed by atoms with van der Waals surface area (Å²) in [7, 11) is 0. The molecular weight excluding hydrogens is 192 g/mol. The standard InChI is InChI=1S/C11H12N2O2/c14-8-11(15)9-6-12-13(7-9)10-4-2-1-3-5-10/h1-7,11,14-15H,8H2. The van der Waals surface area contributed by atoms with E-state index in [4.69, 9.17) is 5.11 Å². The van der Waals surface area contributed by atoms with Crippen LogP contribution in [0, 0.1) is 0 Å². The van der Waals surface area contributed by atoms with Crippen LogP contribution < -0.4 is 0 Å². The van der Waals surface area contributed by atoms with Crippen molar-refractivity contribution in [3.05, 3.63) is 48.3 Å². The lowest BCUT2D eigenvalue weighted by atomic mass is 10.2. The van der Waals surface area contributed by atoms with Gasteiger partial charge in [0.1, 0.15) is 6.10 Å². The summed E-state index contributed by atoms with van der Waals surface area (Å²) < 4.78 is 1.66. The minimum atomic E-state index is -0.859. The molecule has 15 heavy (non-hydrogen) atoms. The fraction of sp³-hybridized carbons (Fsp3) is 0.182. The number of rotatable bonds is 3. The molecule has 1 aromatic heterocycles. The maximum atomic E-state index is 9.39. The summed E-state index contributed by atoms with van der Waals surface area (Å²) in [6.07, 6.45) is 2.40. The lowest BCUT2D eigenvalue weighted by Gasteiger charge is -2.02. The Labute approximate surface area is 87.4 Å². The lowest BCUT2D eigenvalue weighted by molar-refractivity contribution is 0.0956. The zero-order valence-electron chi connectivity index (χ0n) is 8.11. The molecule has 4 heteroatoms. The molecule has 1 heterocycles. The third-order valence-electron chi connectivity index (χ3n) is 2.18. The molecule has 0 saturated carbocycles. The number of para-hydroxylation sites is 1. The summed E-state index contributed by atoms with van der Waals surface area (Å²) in [5.41, 5.74) is 1.54. The first kappa shape index (κ1) is 9.89. The van der Waals surface area contributed by atoms with Crippen LogP contribution in [-0.2, 0) is 0 Å². The monoisotopic (exact) mass is 204 g/mol. The van der Waals surface area contributed by atoms with Gasteiger partial charge in [-0.05, 0) is 12.1 Å². The molecule has 0 aliphatic rings. The highest BCUT2D eigenvalue weighted by atomic mass is 16.3. The molecule has 0 aliphatic heterocycles. The fourth-order valence-electron chi connectivity index (χ4n) is 1.34. The van der Waals surface area contributed by atoms with E-state index in [1.807, 2.05) is 30.3 Å². The SMILES string of the molecule is OCC(O)c1cnn(-c2ccccc2)c1. The highest BCUT2D eigenvalue weighted by molar-refractivity contribution is 5.31. The summed E-state index contributed by atoms with van der Waals surface area (Å²) in [5.74, 6) is 0. The van der Waals surface area contributed by atoms with Gasteiger partial charge in [-0.2, -0.15) is 5.10 Å². The Balaban J connectivity index is 2.28. The Morgan fingerprint density at radius 1 is 1.27 bits per heavy atom. The van der Waals surface area contributed by atoms with Gasteiger partial charge < -0.3 is 10.2 Å². The average Bonchev–Trinajstić information content (AvgIpc) is 2.78. The number of benzene rings is 1. The van der Waals surface area contributed by atoms with Crippen molar-refractivity contribution >= 4 is 0 Å². The average molecular weight is 204 g/mol. The molecule has 0 saturated heterocycles. The Kier molecular flexibility index (Phi) is 2.80. The molecule has 0 spiro atoms. The zero-order valence-corrected chi connectivity index (χ0v) is 8.11. The van der Waals surface area contributed by atoms with Crippen LogP contribution in [-0.4, -0.2) is 26.6 Å². The Morgan fingerprint density at radius 2 is 2.00 bits per heavy atom. The number of aliphatic hydroxyl groups excluding tert-OH is 2. The molecule has 2 N–H and O–H groups in total. The molecule has 1 atom stereocenters. The van der Waals surface area contributed by atoms with E-state index in [1.165, 1.54) is 0 Å². The predicted molar refractivity (Wildman–Crippen MR) is 55.6 cm³/mol. The first-order valence-corrected chi connectivity index (χ1v) is 4.70. The van der Waals surface area contributed by atoms with E-state index in [1.54, 1.807) is 17.1 Å². The summed E-state index contributed by atoms with van der Waals surface area (Å²) in [6, 6.07) is 9.60. The van der Waals surface area contributed by atoms with Gasteiger partial charge in [-0.3, -0.25) is 0 Å². The summed E-state index contributed by atoms with van der Waals surface area (Å²) >= 11 is 0. The van der Waals surface area contributed by atoms with E-state index in [-0.39, 0.29) is 6.61 Å². The van der Waals surface area contributed by atoms with E-state index in [9.17, 15) is 5.11 Å². The molecule has 0 fully saturated rings. The van der Waals surface area contributed by atoms with Crippen LogP contribution in [0.15, 0.2) is 42.7 Å². The first-order valence-electron chi connectivity index (χ1n) is 4.70. The van der Waals surface area contributed by atoms with Gasteiger partial charge in [0, 0.05) is 11.8 Å². The molecule has 0 amide bonds. The third kappa shape index (κ3) is 2.06. The van der Waals surface area contributed by atoms with Crippen LogP contribution in [0.3, 0.4) is 0 Å². The summed E-state index contributed by atoms with van der Waals surface area (Å²) in [6.45, 7) is -0.291. The van der Waals surface area contributed by atoms with Crippen LogP contribution in [0.1, 0.15) is 11.7 Å². The number of aromatic nitrogens is 2. The van der Waals surface area contributed by atoms with Crippen LogP contribution in [0.5, 0.6) is 0 Å². The first-order chi connectivity index (χ1) is 7.31. The van der Waals surface area contributed by atoms with E-state index in [0.717, 1.165) is 5.69 Å². The molecule has 1 aromatic carbocycles. The van der Waals surface area contributed by atoms with Crippen molar-refractivity contribution in [2.24, 2.45) is 0 Å². The minimum absolute atomic E-state index is 0.291. The van der Waals surface area contributed by atoms with Crippen molar-refractivity contribution < 1.29 is 10.2 Å². The second kappa shape index (κ2) is 4.25. The zero-order chi connectivity index (χ0) is 10.7. The number of hydrogen-bond acceptors (Lipinski definition) is 3. The molecule has 0 bridgehead atoms. The van der Waals surface area contributed by atoms with Crippen molar-refractivity contribution in [2.75, 3.05) is 6.61 Å². The minimum Gasteiger partial charge on any atom is -0.393 e. The smallest absolute Gasteiger partial charge is 0.105 e. The van der Waals surface area contributed by atoms with Gasteiger partial charge in [0.25, 0.3) is 0 Å². The highest BCUT2D eigenvalue weighted by Crippen LogP contribution is 2.13. The van der Waals surface area contributed by atoms with E-state index < -0.39 is 6.10 Å². The molecule has 2 rings (SSSR count). The molecule has 0 aliphatic carbocycles. The molecule has 78 valence electrons. The second-order valence-corrected chi connectivity index (χ2v) is 3.25. The molecule has 2 aromatic rings. The van der Waals surface area contributed by atoms with Gasteiger partial charge in [0.15, 0.2) is 0 Å². The van der Waals surface area contributed by atoms with Gasteiger partial charge in [0.05, 0.1) is 18.5 Å². The second-order valence-electron chi connectivity index (χ2n) is 3.25. The normalized spacial score (nSPS) is 12.7. The van der Waals surface area contributed by atoms with Gasteiger partial charge in [0.2, 0.25) is 0 Å². The molecule has 0 radical (unpaired) electrons. The van der Waals surface area contributed by atoms with Crippen LogP contribution in [0.25, 0.3) is 5.69 Å². The van der Waals surface area contributed by atoms with Crippen molar-refractivity contribution in [1.29, 1.82) is 0 Å². The lowest BCUT2D eigenvalue weighted by Crippen LogP contribution is -2.00. The van der Waals surface area contributed by atoms with Gasteiger partial charge in [-0.25, -0.2) is 4.68 Å². The number of nitrogens with zero attached hydrogens (tertiary/aromatic N) is 2. The van der Waals surface area contributed by atoms with E-state index in [2.05, 4.69) is 5.10 Å². The van der Waals surface area contributed by atoms with Crippen LogP contribution in [0.2, 0.25) is 0 Å². The van der Waals surface area contributed by atoms with Crippen LogP contribution in [0.4, 0.5) is 0 Å². The number of hydrogen-bond donors (Lipinski definition) is 2. The highest BCUT2D eigenvalue weighted by Gasteiger charge is 2.08. The summed E-state index contributed by atoms with van der Waals surface area (Å²) in [4.78, 5) is 0. The van der Waals surface area contributed by atoms with Crippen molar-refractivity contribution in [2.45, 2.75) is 6.10 Å². The Morgan fingerprint density at radius 3 is 2.67 bits per heavy atom. The predicted octanol–water partition coefficient (Wildman–Crippen LogP) is 0.898. The largest absolute Gasteiger partial charge is 0.393 e. The molecule has 1 unspecified atom stereocenters. The van der Waals surface area contributed by atoms with E-state index >= 15 is 0 Å². The van der Waals surface area contributed by atoms with Gasteiger partial charge >= 0.3 is 0 Å². The Hall–Kier alpha value is -1.65. The van der Waals surface area contributed by atoms with Crippen molar-refractivity contribution in [3.63, 3.8) is 0 Å². The van der Waals surface area contributed by atoms with Gasteiger partial charge in [-0.15, -0.1) is 0 Å². The van der Waals surface area contributed by atoms with Crippen molar-refractivity contribution in [1.82, 2.24) is 9.78 Å². The number of aliphatic hydroxyl groups is 2. The summed E-state index contributed by atoms with van der Waals surface area (Å²) in [5, 5.41) is 22.3. The molecular formula is C11H12N2O2. The maximum absolute atomic E-state index is 9.39. The fourth-order valence-corrected chi connectivity index (χ4v) is 1.34. The van der Waals surface area contributed by atoms with Crippen molar-refractivity contribution in [3.8, 4) is 5.69 Å². The van der Waals surface area contributed by atoms with Crippen LogP contribution >= 0.6 is 0 Å². The Bertz CT molecular complexity index is 425. The van der Waals surface area contributed by atoms with Gasteiger partial charge in [-0.1, -0.05) is 18.2 Å².